The van der Waals surface area contributed by atoms with Crippen LogP contribution < -0.4 is 0 Å². The second-order valence-electron chi connectivity index (χ2n) is 2.24. The van der Waals surface area contributed by atoms with E-state index in [0.717, 1.165) is 18.7 Å². The Morgan fingerprint density at radius 1 is 1.70 bits per heavy atom. The van der Waals surface area contributed by atoms with Crippen molar-refractivity contribution in [2.45, 2.75) is 25.6 Å². The summed E-state index contributed by atoms with van der Waals surface area (Å²) in [4.78, 5) is 7.19. The number of aryl methyl sites for hydroxylation is 1. The third-order valence-corrected chi connectivity index (χ3v) is 1.58. The predicted molar refractivity (Wildman–Crippen MR) is 42.1 cm³/mol. The molecule has 1 N–H and O–H groups in total. The molecule has 1 aromatic rings. The number of aromatic nitrogens is 2. The zero-order valence-electron chi connectivity index (χ0n) is 6.02. The Morgan fingerprint density at radius 2 is 2.50 bits per heavy atom. The Bertz CT molecular complexity index is 195. The van der Waals surface area contributed by atoms with Crippen LogP contribution in [0.2, 0.25) is 0 Å². The van der Waals surface area contributed by atoms with Gasteiger partial charge in [0, 0.05) is 11.9 Å². The van der Waals surface area contributed by atoms with Gasteiger partial charge < -0.3 is 4.98 Å². The maximum atomic E-state index is 5.55. The molecule has 56 valence electrons. The number of imidazole rings is 1. The van der Waals surface area contributed by atoms with E-state index in [2.05, 4.69) is 16.9 Å². The molecule has 0 aliphatic heterocycles. The van der Waals surface area contributed by atoms with Crippen molar-refractivity contribution in [2.24, 2.45) is 0 Å². The molecule has 10 heavy (non-hydrogen) atoms. The van der Waals surface area contributed by atoms with Crippen molar-refractivity contribution in [1.29, 1.82) is 0 Å². The third-order valence-electron chi connectivity index (χ3n) is 1.33. The van der Waals surface area contributed by atoms with Gasteiger partial charge in [-0.05, 0) is 6.42 Å². The van der Waals surface area contributed by atoms with Crippen LogP contribution in [0.25, 0.3) is 0 Å². The monoisotopic (exact) mass is 158 g/mol. The molecule has 0 aliphatic rings. The highest BCUT2D eigenvalue weighted by Crippen LogP contribution is 2.01. The van der Waals surface area contributed by atoms with Crippen molar-refractivity contribution in [3.63, 3.8) is 0 Å². The number of H-pyrrole nitrogens is 1. The fourth-order valence-electron chi connectivity index (χ4n) is 0.870. The summed E-state index contributed by atoms with van der Waals surface area (Å²) in [5, 5.41) is 0. The molecule has 2 nitrogen and oxygen atoms in total. The first-order valence-electron chi connectivity index (χ1n) is 3.45. The van der Waals surface area contributed by atoms with Crippen molar-refractivity contribution < 1.29 is 0 Å². The first-order valence-corrected chi connectivity index (χ1v) is 3.99. The Labute approximate surface area is 65.6 Å². The first kappa shape index (κ1) is 7.61. The average Bonchev–Trinajstić information content (AvgIpc) is 2.37. The quantitative estimate of drug-likeness (QED) is 0.671. The van der Waals surface area contributed by atoms with Crippen molar-refractivity contribution >= 4 is 11.6 Å². The van der Waals surface area contributed by atoms with Crippen LogP contribution in [-0.4, -0.2) is 9.97 Å². The van der Waals surface area contributed by atoms with E-state index < -0.39 is 0 Å². The molecule has 0 aliphatic carbocycles. The molecule has 0 aromatic carbocycles. The van der Waals surface area contributed by atoms with Crippen molar-refractivity contribution in [3.8, 4) is 0 Å². The van der Waals surface area contributed by atoms with Gasteiger partial charge >= 0.3 is 0 Å². The maximum Gasteiger partial charge on any atom is 0.121 e. The van der Waals surface area contributed by atoms with Crippen LogP contribution in [0.3, 0.4) is 0 Å². The van der Waals surface area contributed by atoms with Crippen LogP contribution in [0.1, 0.15) is 24.9 Å². The lowest BCUT2D eigenvalue weighted by Gasteiger charge is -1.88. The second kappa shape index (κ2) is 3.62. The molecule has 0 fully saturated rings. The molecule has 0 amide bonds. The largest absolute Gasteiger partial charge is 0.345 e. The fourth-order valence-corrected chi connectivity index (χ4v) is 1.01. The number of aromatic amines is 1. The Kier molecular flexibility index (Phi) is 2.75. The molecular weight excluding hydrogens is 148 g/mol. The van der Waals surface area contributed by atoms with Gasteiger partial charge in [-0.1, -0.05) is 13.3 Å². The predicted octanol–water partition coefficient (Wildman–Crippen LogP) is 2.10. The number of hydrogen-bond donors (Lipinski definition) is 1. The summed E-state index contributed by atoms with van der Waals surface area (Å²) in [7, 11) is 0. The third kappa shape index (κ3) is 1.74. The van der Waals surface area contributed by atoms with Gasteiger partial charge in [0.25, 0.3) is 0 Å². The topological polar surface area (TPSA) is 28.7 Å². The molecule has 0 atom stereocenters. The Morgan fingerprint density at radius 3 is 3.00 bits per heavy atom. The number of halogens is 1. The summed E-state index contributed by atoms with van der Waals surface area (Å²) >= 11 is 5.55. The zero-order valence-corrected chi connectivity index (χ0v) is 6.78. The summed E-state index contributed by atoms with van der Waals surface area (Å²) in [6, 6.07) is 0. The molecule has 0 spiro atoms. The van der Waals surface area contributed by atoms with E-state index in [-0.39, 0.29) is 0 Å². The van der Waals surface area contributed by atoms with Gasteiger partial charge in [-0.2, -0.15) is 0 Å². The van der Waals surface area contributed by atoms with Crippen LogP contribution in [0.15, 0.2) is 6.20 Å². The molecule has 1 rings (SSSR count). The van der Waals surface area contributed by atoms with Gasteiger partial charge in [-0.25, -0.2) is 4.98 Å². The second-order valence-corrected chi connectivity index (χ2v) is 2.51. The molecule has 0 radical (unpaired) electrons. The van der Waals surface area contributed by atoms with Crippen molar-refractivity contribution in [2.75, 3.05) is 0 Å². The lowest BCUT2D eigenvalue weighted by Crippen LogP contribution is -1.83. The molecule has 3 heteroatoms. The van der Waals surface area contributed by atoms with Crippen LogP contribution in [0, 0.1) is 0 Å². The van der Waals surface area contributed by atoms with E-state index in [1.54, 1.807) is 0 Å². The molecular formula is C7H11ClN2. The smallest absolute Gasteiger partial charge is 0.121 e. The van der Waals surface area contributed by atoms with Gasteiger partial charge in [-0.15, -0.1) is 11.6 Å². The Hall–Kier alpha value is -0.500. The molecule has 0 saturated heterocycles. The highest BCUT2D eigenvalue weighted by atomic mass is 35.5. The molecule has 1 heterocycles. The van der Waals surface area contributed by atoms with Gasteiger partial charge in [0.2, 0.25) is 0 Å². The molecule has 0 unspecified atom stereocenters. The molecule has 0 saturated carbocycles. The van der Waals surface area contributed by atoms with Crippen molar-refractivity contribution in [1.82, 2.24) is 9.97 Å². The van der Waals surface area contributed by atoms with Crippen LogP contribution in [0.5, 0.6) is 0 Å². The summed E-state index contributed by atoms with van der Waals surface area (Å²) in [6.45, 7) is 2.14. The van der Waals surface area contributed by atoms with Crippen LogP contribution in [0.4, 0.5) is 0 Å². The van der Waals surface area contributed by atoms with E-state index in [0.29, 0.717) is 5.88 Å². The number of nitrogens with zero attached hydrogens (tertiary/aromatic N) is 1. The van der Waals surface area contributed by atoms with Gasteiger partial charge in [0.05, 0.1) is 5.88 Å². The fraction of sp³-hybridized carbons (Fsp3) is 0.571. The summed E-state index contributed by atoms with van der Waals surface area (Å²) in [6.07, 6.45) is 4.05. The normalized spacial score (nSPS) is 10.2. The zero-order chi connectivity index (χ0) is 7.40. The minimum absolute atomic E-state index is 0.476. The summed E-state index contributed by atoms with van der Waals surface area (Å²) < 4.78 is 0. The van der Waals surface area contributed by atoms with E-state index in [1.165, 1.54) is 5.69 Å². The van der Waals surface area contributed by atoms with E-state index >= 15 is 0 Å². The van der Waals surface area contributed by atoms with Gasteiger partial charge in [-0.3, -0.25) is 0 Å². The standard InChI is InChI=1S/C7H11ClN2/c1-2-3-6-5-9-7(4-8)10-6/h5H,2-4H2,1H3,(H,9,10). The summed E-state index contributed by atoms with van der Waals surface area (Å²) in [5.74, 6) is 1.34. The number of rotatable bonds is 3. The van der Waals surface area contributed by atoms with Gasteiger partial charge in [0.1, 0.15) is 5.82 Å². The molecule has 0 bridgehead atoms. The number of hydrogen-bond acceptors (Lipinski definition) is 1. The van der Waals surface area contributed by atoms with Crippen molar-refractivity contribution in [3.05, 3.63) is 17.7 Å². The molecule has 1 aromatic heterocycles. The minimum Gasteiger partial charge on any atom is -0.345 e. The highest BCUT2D eigenvalue weighted by molar-refractivity contribution is 6.16. The lowest BCUT2D eigenvalue weighted by molar-refractivity contribution is 0.887. The van der Waals surface area contributed by atoms with Crippen LogP contribution >= 0.6 is 11.6 Å². The first-order chi connectivity index (χ1) is 4.86. The van der Waals surface area contributed by atoms with E-state index in [1.807, 2.05) is 6.20 Å². The van der Waals surface area contributed by atoms with Gasteiger partial charge in [0.15, 0.2) is 0 Å². The maximum absolute atomic E-state index is 5.55. The lowest BCUT2D eigenvalue weighted by atomic mass is 10.3. The van der Waals surface area contributed by atoms with Crippen LogP contribution in [-0.2, 0) is 12.3 Å². The number of nitrogens with one attached hydrogen (secondary N) is 1. The van der Waals surface area contributed by atoms with E-state index in [4.69, 9.17) is 11.6 Å². The minimum atomic E-state index is 0.476. The average molecular weight is 159 g/mol. The summed E-state index contributed by atoms with van der Waals surface area (Å²) in [5.41, 5.74) is 1.18. The Balaban J connectivity index is 2.59. The SMILES string of the molecule is CCCc1cnc(CCl)[nH]1. The number of alkyl halides is 1. The van der Waals surface area contributed by atoms with E-state index in [9.17, 15) is 0 Å². The highest BCUT2D eigenvalue weighted by Gasteiger charge is 1.96.